The van der Waals surface area contributed by atoms with Crippen molar-refractivity contribution in [2.45, 2.75) is 31.7 Å². The third-order valence-corrected chi connectivity index (χ3v) is 5.33. The number of aromatic nitrogens is 2. The second-order valence-corrected chi connectivity index (χ2v) is 7.26. The van der Waals surface area contributed by atoms with Gasteiger partial charge in [0.25, 0.3) is 5.91 Å². The second-order valence-electron chi connectivity index (χ2n) is 7.26. The highest BCUT2D eigenvalue weighted by atomic mass is 19.3. The van der Waals surface area contributed by atoms with Gasteiger partial charge in [-0.05, 0) is 31.5 Å². The van der Waals surface area contributed by atoms with Gasteiger partial charge < -0.3 is 4.90 Å². The summed E-state index contributed by atoms with van der Waals surface area (Å²) in [4.78, 5) is 44.3. The van der Waals surface area contributed by atoms with Crippen molar-refractivity contribution in [2.24, 2.45) is 0 Å². The number of nitrogens with zero attached hydrogens (tertiary/aromatic N) is 3. The van der Waals surface area contributed by atoms with Crippen LogP contribution in [-0.4, -0.2) is 34.2 Å². The number of halogens is 2. The summed E-state index contributed by atoms with van der Waals surface area (Å²) in [5.74, 6) is -4.25. The van der Waals surface area contributed by atoms with E-state index in [9.17, 15) is 14.4 Å². The average Bonchev–Trinajstić information content (AvgIpc) is 3.06. The maximum Gasteiger partial charge on any atom is 0.331 e. The Morgan fingerprint density at radius 2 is 2.03 bits per heavy atom. The zero-order valence-electron chi connectivity index (χ0n) is 16.5. The van der Waals surface area contributed by atoms with E-state index in [0.717, 1.165) is 0 Å². The predicted octanol–water partition coefficient (Wildman–Crippen LogP) is 3.17. The molecule has 1 aliphatic heterocycles. The molecule has 1 atom stereocenters. The number of hydrogen-bond donors (Lipinski definition) is 1. The van der Waals surface area contributed by atoms with E-state index in [1.807, 2.05) is 0 Å². The topological polar surface area (TPSA) is 92.3 Å². The first kappa shape index (κ1) is 20.5. The monoisotopic (exact) mass is 424 g/mol. The summed E-state index contributed by atoms with van der Waals surface area (Å²) in [5, 5.41) is 2.63. The molecule has 2 aromatic heterocycles. The minimum Gasteiger partial charge on any atom is -0.303 e. The number of benzene rings is 1. The van der Waals surface area contributed by atoms with Crippen LogP contribution in [0.3, 0.4) is 0 Å². The third-order valence-electron chi connectivity index (χ3n) is 5.33. The molecule has 31 heavy (non-hydrogen) atoms. The summed E-state index contributed by atoms with van der Waals surface area (Å²) in [6.07, 6.45) is 3.18. The van der Waals surface area contributed by atoms with Crippen molar-refractivity contribution in [2.75, 3.05) is 4.90 Å². The zero-order valence-corrected chi connectivity index (χ0v) is 16.5. The number of rotatable bonds is 7. The van der Waals surface area contributed by atoms with E-state index in [-0.39, 0.29) is 24.1 Å². The number of amides is 3. The van der Waals surface area contributed by atoms with Crippen LogP contribution in [0.1, 0.15) is 41.5 Å². The molecule has 158 valence electrons. The van der Waals surface area contributed by atoms with E-state index in [1.165, 1.54) is 35.5 Å². The minimum absolute atomic E-state index is 0.0342. The van der Waals surface area contributed by atoms with Crippen molar-refractivity contribution in [3.8, 4) is 0 Å². The molecule has 9 heteroatoms. The fourth-order valence-electron chi connectivity index (χ4n) is 3.85. The average molecular weight is 424 g/mol. The highest BCUT2D eigenvalue weighted by Crippen LogP contribution is 2.44. The van der Waals surface area contributed by atoms with Gasteiger partial charge in [0.05, 0.1) is 11.9 Å². The van der Waals surface area contributed by atoms with Gasteiger partial charge in [0.1, 0.15) is 11.4 Å². The highest BCUT2D eigenvalue weighted by molar-refractivity contribution is 6.25. The van der Waals surface area contributed by atoms with Gasteiger partial charge in [-0.2, -0.15) is 8.78 Å². The fraction of sp³-hybridized carbons (Fsp3) is 0.227. The molecular formula is C22H18F2N4O3. The van der Waals surface area contributed by atoms with Crippen molar-refractivity contribution in [1.29, 1.82) is 0 Å². The summed E-state index contributed by atoms with van der Waals surface area (Å²) in [5.41, 5.74) is -0.185. The molecular weight excluding hydrogens is 406 g/mol. The van der Waals surface area contributed by atoms with Gasteiger partial charge in [0, 0.05) is 35.0 Å². The molecule has 3 heterocycles. The summed E-state index contributed by atoms with van der Waals surface area (Å²) in [6.45, 7) is 1.75. The van der Waals surface area contributed by atoms with Crippen LogP contribution in [0.4, 0.5) is 14.5 Å². The molecule has 0 bridgehead atoms. The van der Waals surface area contributed by atoms with Crippen molar-refractivity contribution < 1.29 is 23.2 Å². The first-order valence-corrected chi connectivity index (χ1v) is 9.64. The smallest absolute Gasteiger partial charge is 0.303 e. The molecule has 3 aromatic rings. The lowest BCUT2D eigenvalue weighted by Gasteiger charge is -2.25. The van der Waals surface area contributed by atoms with Crippen molar-refractivity contribution >= 4 is 34.7 Å². The number of nitrogens with one attached hydrogen (secondary N) is 1. The molecule has 0 spiro atoms. The number of carbonyl (C=O) groups is 3. The van der Waals surface area contributed by atoms with Crippen LogP contribution in [0.15, 0.2) is 48.8 Å². The molecule has 7 nitrogen and oxygen atoms in total. The quantitative estimate of drug-likeness (QED) is 0.588. The van der Waals surface area contributed by atoms with E-state index < -0.39 is 29.3 Å². The fourth-order valence-corrected chi connectivity index (χ4v) is 3.85. The summed E-state index contributed by atoms with van der Waals surface area (Å²) in [7, 11) is 0. The molecule has 4 rings (SSSR count). The van der Waals surface area contributed by atoms with E-state index >= 15 is 8.78 Å². The first-order valence-electron chi connectivity index (χ1n) is 9.64. The Morgan fingerprint density at radius 3 is 2.74 bits per heavy atom. The maximum absolute atomic E-state index is 15.2. The Balaban J connectivity index is 1.76. The molecule has 1 N–H and O–H groups in total. The number of anilines is 1. The van der Waals surface area contributed by atoms with Gasteiger partial charge in [-0.15, -0.1) is 0 Å². The SMILES string of the molecule is CC(CCC(=O)NC=O)N1C(=O)c2cccc3c(C(F)(F)c4ccccn4)ncc1c23. The zero-order chi connectivity index (χ0) is 22.2. The standard InChI is InChI=1S/C22H18F2N4O3/c1-13(8-9-18(30)27-12-29)28-16-11-26-20(22(23,24)17-7-2-3-10-25-17)14-5-4-6-15(19(14)16)21(28)31/h2-7,10-13H,8-9H2,1H3,(H,27,29,30). The number of alkyl halides is 2. The minimum atomic E-state index is -3.45. The Hall–Kier alpha value is -3.75. The normalized spacial score (nSPS) is 14.0. The van der Waals surface area contributed by atoms with Crippen LogP contribution in [-0.2, 0) is 15.5 Å². The van der Waals surface area contributed by atoms with Crippen molar-refractivity contribution in [3.63, 3.8) is 0 Å². The molecule has 0 radical (unpaired) electrons. The van der Waals surface area contributed by atoms with Crippen LogP contribution in [0.25, 0.3) is 10.8 Å². The largest absolute Gasteiger partial charge is 0.331 e. The van der Waals surface area contributed by atoms with Gasteiger partial charge in [0.2, 0.25) is 12.3 Å². The van der Waals surface area contributed by atoms with E-state index in [2.05, 4.69) is 15.3 Å². The van der Waals surface area contributed by atoms with Crippen LogP contribution in [0.2, 0.25) is 0 Å². The van der Waals surface area contributed by atoms with Crippen LogP contribution in [0.5, 0.6) is 0 Å². The Labute approximate surface area is 176 Å². The summed E-state index contributed by atoms with van der Waals surface area (Å²) in [6, 6.07) is 8.49. The lowest BCUT2D eigenvalue weighted by molar-refractivity contribution is -0.125. The Kier molecular flexibility index (Phi) is 5.18. The second kappa shape index (κ2) is 7.82. The molecule has 3 amide bonds. The lowest BCUT2D eigenvalue weighted by atomic mass is 10.0. The van der Waals surface area contributed by atoms with E-state index in [4.69, 9.17) is 0 Å². The Bertz CT molecular complexity index is 1180. The first-order chi connectivity index (χ1) is 14.9. The number of pyridine rings is 2. The molecule has 1 aromatic carbocycles. The maximum atomic E-state index is 15.2. The number of carbonyl (C=O) groups excluding carboxylic acids is 3. The van der Waals surface area contributed by atoms with Crippen LogP contribution < -0.4 is 10.2 Å². The molecule has 1 aliphatic rings. The molecule has 0 saturated heterocycles. The molecule has 0 fully saturated rings. The predicted molar refractivity (Wildman–Crippen MR) is 109 cm³/mol. The third kappa shape index (κ3) is 3.41. The molecule has 0 aliphatic carbocycles. The van der Waals surface area contributed by atoms with Crippen LogP contribution in [0, 0.1) is 0 Å². The van der Waals surface area contributed by atoms with Gasteiger partial charge in [-0.1, -0.05) is 18.2 Å². The number of hydrogen-bond acceptors (Lipinski definition) is 5. The Morgan fingerprint density at radius 1 is 1.23 bits per heavy atom. The molecule has 0 saturated carbocycles. The van der Waals surface area contributed by atoms with Gasteiger partial charge in [-0.3, -0.25) is 29.7 Å². The van der Waals surface area contributed by atoms with E-state index in [0.29, 0.717) is 23.0 Å². The van der Waals surface area contributed by atoms with Gasteiger partial charge in [0.15, 0.2) is 0 Å². The van der Waals surface area contributed by atoms with Crippen LogP contribution >= 0.6 is 0 Å². The van der Waals surface area contributed by atoms with Gasteiger partial charge in [-0.25, -0.2) is 0 Å². The van der Waals surface area contributed by atoms with Gasteiger partial charge >= 0.3 is 5.92 Å². The summed E-state index contributed by atoms with van der Waals surface area (Å²) >= 11 is 0. The lowest BCUT2D eigenvalue weighted by Crippen LogP contribution is -2.37. The number of imide groups is 1. The van der Waals surface area contributed by atoms with E-state index in [1.54, 1.807) is 25.1 Å². The highest BCUT2D eigenvalue weighted by Gasteiger charge is 2.42. The summed E-state index contributed by atoms with van der Waals surface area (Å²) < 4.78 is 30.5. The van der Waals surface area contributed by atoms with Crippen molar-refractivity contribution in [3.05, 3.63) is 65.7 Å². The van der Waals surface area contributed by atoms with Crippen molar-refractivity contribution in [1.82, 2.24) is 15.3 Å². The molecule has 1 unspecified atom stereocenters.